The minimum absolute atomic E-state index is 0.956. The SMILES string of the molecule is c1nncn1CCCCNCC1CCCC1. The molecule has 1 fully saturated rings. The molecule has 0 aromatic carbocycles. The molecule has 1 aliphatic carbocycles. The van der Waals surface area contributed by atoms with Crippen molar-refractivity contribution < 1.29 is 0 Å². The second-order valence-corrected chi connectivity index (χ2v) is 4.76. The first-order valence-electron chi connectivity index (χ1n) is 6.48. The van der Waals surface area contributed by atoms with Crippen molar-refractivity contribution in [2.45, 2.75) is 45.1 Å². The average molecular weight is 222 g/mol. The van der Waals surface area contributed by atoms with Crippen LogP contribution in [-0.2, 0) is 6.54 Å². The fraction of sp³-hybridized carbons (Fsp3) is 0.833. The van der Waals surface area contributed by atoms with E-state index in [1.807, 2.05) is 4.57 Å². The fourth-order valence-corrected chi connectivity index (χ4v) is 2.40. The predicted octanol–water partition coefficient (Wildman–Crippen LogP) is 1.84. The molecule has 0 atom stereocenters. The van der Waals surface area contributed by atoms with Crippen molar-refractivity contribution in [3.63, 3.8) is 0 Å². The largest absolute Gasteiger partial charge is 0.320 e. The van der Waals surface area contributed by atoms with Crippen LogP contribution < -0.4 is 5.32 Å². The molecule has 1 aliphatic rings. The summed E-state index contributed by atoms with van der Waals surface area (Å²) in [4.78, 5) is 0. The molecule has 0 radical (unpaired) electrons. The molecule has 0 saturated heterocycles. The van der Waals surface area contributed by atoms with Gasteiger partial charge in [-0.3, -0.25) is 0 Å². The van der Waals surface area contributed by atoms with Crippen LogP contribution >= 0.6 is 0 Å². The summed E-state index contributed by atoms with van der Waals surface area (Å²) in [6.45, 7) is 3.42. The molecular formula is C12H22N4. The van der Waals surface area contributed by atoms with Crippen LogP contribution in [0.2, 0.25) is 0 Å². The van der Waals surface area contributed by atoms with Crippen LogP contribution in [0.5, 0.6) is 0 Å². The second kappa shape index (κ2) is 6.63. The van der Waals surface area contributed by atoms with Gasteiger partial charge >= 0.3 is 0 Å². The predicted molar refractivity (Wildman–Crippen MR) is 64.1 cm³/mol. The molecule has 4 heteroatoms. The monoisotopic (exact) mass is 222 g/mol. The Balaban J connectivity index is 1.43. The van der Waals surface area contributed by atoms with Crippen molar-refractivity contribution in [1.29, 1.82) is 0 Å². The maximum Gasteiger partial charge on any atom is 0.119 e. The normalized spacial score (nSPS) is 17.0. The van der Waals surface area contributed by atoms with Crippen LogP contribution in [0.4, 0.5) is 0 Å². The molecule has 0 aliphatic heterocycles. The maximum absolute atomic E-state index is 3.79. The van der Waals surface area contributed by atoms with Crippen LogP contribution in [0.15, 0.2) is 12.7 Å². The van der Waals surface area contributed by atoms with Gasteiger partial charge in [-0.15, -0.1) is 10.2 Å². The van der Waals surface area contributed by atoms with E-state index in [0.29, 0.717) is 0 Å². The number of nitrogens with zero attached hydrogens (tertiary/aromatic N) is 3. The van der Waals surface area contributed by atoms with E-state index in [4.69, 9.17) is 0 Å². The first-order valence-corrected chi connectivity index (χ1v) is 6.48. The average Bonchev–Trinajstić information content (AvgIpc) is 2.96. The molecule has 0 amide bonds. The summed E-state index contributed by atoms with van der Waals surface area (Å²) in [5, 5.41) is 11.1. The Hall–Kier alpha value is -0.900. The zero-order valence-corrected chi connectivity index (χ0v) is 9.94. The molecule has 0 unspecified atom stereocenters. The quantitative estimate of drug-likeness (QED) is 0.716. The van der Waals surface area contributed by atoms with Gasteiger partial charge in [0.25, 0.3) is 0 Å². The summed E-state index contributed by atoms with van der Waals surface area (Å²) >= 11 is 0. The molecule has 1 saturated carbocycles. The molecule has 2 rings (SSSR count). The molecule has 1 N–H and O–H groups in total. The number of unbranched alkanes of at least 4 members (excludes halogenated alkanes) is 1. The highest BCUT2D eigenvalue weighted by atomic mass is 15.2. The molecule has 1 aromatic heterocycles. The zero-order chi connectivity index (χ0) is 11.1. The van der Waals surface area contributed by atoms with Crippen LogP contribution in [0, 0.1) is 5.92 Å². The van der Waals surface area contributed by atoms with E-state index < -0.39 is 0 Å². The summed E-state index contributed by atoms with van der Waals surface area (Å²) in [6, 6.07) is 0. The number of hydrogen-bond donors (Lipinski definition) is 1. The van der Waals surface area contributed by atoms with Crippen molar-refractivity contribution in [2.24, 2.45) is 5.92 Å². The second-order valence-electron chi connectivity index (χ2n) is 4.76. The van der Waals surface area contributed by atoms with E-state index in [1.165, 1.54) is 45.1 Å². The lowest BCUT2D eigenvalue weighted by atomic mass is 10.1. The number of nitrogens with one attached hydrogen (secondary N) is 1. The molecule has 1 aromatic rings. The van der Waals surface area contributed by atoms with Gasteiger partial charge in [-0.2, -0.15) is 0 Å². The molecule has 0 bridgehead atoms. The van der Waals surface area contributed by atoms with E-state index >= 15 is 0 Å². The Morgan fingerprint density at radius 2 is 1.88 bits per heavy atom. The van der Waals surface area contributed by atoms with Gasteiger partial charge < -0.3 is 9.88 Å². The lowest BCUT2D eigenvalue weighted by Crippen LogP contribution is -2.22. The van der Waals surface area contributed by atoms with E-state index in [2.05, 4.69) is 15.5 Å². The van der Waals surface area contributed by atoms with E-state index in [-0.39, 0.29) is 0 Å². The lowest BCUT2D eigenvalue weighted by Gasteiger charge is -2.10. The Labute approximate surface area is 97.5 Å². The Morgan fingerprint density at radius 3 is 2.62 bits per heavy atom. The van der Waals surface area contributed by atoms with Gasteiger partial charge in [0.15, 0.2) is 0 Å². The van der Waals surface area contributed by atoms with E-state index in [1.54, 1.807) is 12.7 Å². The van der Waals surface area contributed by atoms with Crippen LogP contribution in [0.25, 0.3) is 0 Å². The summed E-state index contributed by atoms with van der Waals surface area (Å²) in [5.41, 5.74) is 0. The number of aromatic nitrogens is 3. The third-order valence-electron chi connectivity index (χ3n) is 3.39. The van der Waals surface area contributed by atoms with Gasteiger partial charge in [-0.25, -0.2) is 0 Å². The highest BCUT2D eigenvalue weighted by molar-refractivity contribution is 4.69. The third-order valence-corrected chi connectivity index (χ3v) is 3.39. The smallest absolute Gasteiger partial charge is 0.119 e. The summed E-state index contributed by atoms with van der Waals surface area (Å²) in [7, 11) is 0. The third kappa shape index (κ3) is 3.93. The van der Waals surface area contributed by atoms with Gasteiger partial charge in [0.2, 0.25) is 0 Å². The van der Waals surface area contributed by atoms with Crippen molar-refractivity contribution in [1.82, 2.24) is 20.1 Å². The number of aryl methyl sites for hydroxylation is 1. The van der Waals surface area contributed by atoms with Gasteiger partial charge in [0, 0.05) is 6.54 Å². The van der Waals surface area contributed by atoms with E-state index in [0.717, 1.165) is 19.0 Å². The molecule has 16 heavy (non-hydrogen) atoms. The lowest BCUT2D eigenvalue weighted by molar-refractivity contribution is 0.476. The van der Waals surface area contributed by atoms with Gasteiger partial charge in [0.05, 0.1) is 0 Å². The molecule has 90 valence electrons. The Kier molecular flexibility index (Phi) is 4.80. The summed E-state index contributed by atoms with van der Waals surface area (Å²) in [6.07, 6.45) is 11.8. The van der Waals surface area contributed by atoms with Crippen molar-refractivity contribution in [2.75, 3.05) is 13.1 Å². The van der Waals surface area contributed by atoms with Crippen LogP contribution in [0.3, 0.4) is 0 Å². The molecular weight excluding hydrogens is 200 g/mol. The Bertz CT molecular complexity index is 265. The van der Waals surface area contributed by atoms with Gasteiger partial charge in [0.1, 0.15) is 12.7 Å². The zero-order valence-electron chi connectivity index (χ0n) is 9.94. The number of hydrogen-bond acceptors (Lipinski definition) is 3. The first-order chi connectivity index (χ1) is 7.95. The Morgan fingerprint density at radius 1 is 1.12 bits per heavy atom. The molecule has 1 heterocycles. The first kappa shape index (κ1) is 11.6. The van der Waals surface area contributed by atoms with Crippen LogP contribution in [-0.4, -0.2) is 27.9 Å². The summed E-state index contributed by atoms with van der Waals surface area (Å²) < 4.78 is 2.04. The fourth-order valence-electron chi connectivity index (χ4n) is 2.40. The van der Waals surface area contributed by atoms with Crippen molar-refractivity contribution >= 4 is 0 Å². The highest BCUT2D eigenvalue weighted by Gasteiger charge is 2.13. The van der Waals surface area contributed by atoms with Crippen LogP contribution in [0.1, 0.15) is 38.5 Å². The highest BCUT2D eigenvalue weighted by Crippen LogP contribution is 2.23. The van der Waals surface area contributed by atoms with Gasteiger partial charge in [-0.05, 0) is 44.7 Å². The summed E-state index contributed by atoms with van der Waals surface area (Å²) in [5.74, 6) is 0.956. The van der Waals surface area contributed by atoms with Gasteiger partial charge in [-0.1, -0.05) is 12.8 Å². The molecule has 4 nitrogen and oxygen atoms in total. The standard InChI is InChI=1S/C12H22N4/c1-2-6-12(5-1)9-13-7-3-4-8-16-10-14-15-11-16/h10-13H,1-9H2. The van der Waals surface area contributed by atoms with E-state index in [9.17, 15) is 0 Å². The minimum Gasteiger partial charge on any atom is -0.320 e. The molecule has 0 spiro atoms. The number of rotatable bonds is 7. The maximum atomic E-state index is 3.79. The van der Waals surface area contributed by atoms with Crippen molar-refractivity contribution in [3.05, 3.63) is 12.7 Å². The van der Waals surface area contributed by atoms with Crippen molar-refractivity contribution in [3.8, 4) is 0 Å². The topological polar surface area (TPSA) is 42.7 Å². The minimum atomic E-state index is 0.956.